The molecule has 4 rings (SSSR count). The summed E-state index contributed by atoms with van der Waals surface area (Å²) in [4.78, 5) is 28.5. The normalized spacial score (nSPS) is 10.6. The minimum Gasteiger partial charge on any atom is -0.462 e. The molecule has 0 atom stereocenters. The highest BCUT2D eigenvalue weighted by Gasteiger charge is 2.17. The Bertz CT molecular complexity index is 1270. The van der Waals surface area contributed by atoms with Crippen LogP contribution >= 0.6 is 11.8 Å². The van der Waals surface area contributed by atoms with E-state index in [2.05, 4.69) is 20.5 Å². The highest BCUT2D eigenvalue weighted by Crippen LogP contribution is 2.28. The van der Waals surface area contributed by atoms with Crippen LogP contribution in [0.5, 0.6) is 0 Å². The number of anilines is 1. The van der Waals surface area contributed by atoms with Crippen LogP contribution in [0.15, 0.2) is 78.2 Å². The lowest BCUT2D eigenvalue weighted by atomic mass is 10.2. The second-order valence-corrected chi connectivity index (χ2v) is 8.30. The number of hydrogen-bond acceptors (Lipinski definition) is 7. The SMILES string of the molecule is CCOC(=O)c1ccc(NC(=O)CSc2nnc(-c3cccnc3)n2-c2ccc(C)cc2)cc1. The first-order chi connectivity index (χ1) is 16.5. The topological polar surface area (TPSA) is 99.0 Å². The summed E-state index contributed by atoms with van der Waals surface area (Å²) in [6, 6.07) is 18.4. The van der Waals surface area contributed by atoms with Gasteiger partial charge in [-0.15, -0.1) is 10.2 Å². The number of carbonyl (C=O) groups excluding carboxylic acids is 2. The molecular weight excluding hydrogens is 450 g/mol. The van der Waals surface area contributed by atoms with Crippen molar-refractivity contribution in [3.05, 3.63) is 84.2 Å². The van der Waals surface area contributed by atoms with E-state index in [1.165, 1.54) is 11.8 Å². The molecule has 4 aromatic rings. The van der Waals surface area contributed by atoms with Crippen molar-refractivity contribution >= 4 is 29.3 Å². The molecular formula is C25H23N5O3S. The van der Waals surface area contributed by atoms with Gasteiger partial charge in [0.2, 0.25) is 5.91 Å². The molecule has 8 nitrogen and oxygen atoms in total. The zero-order valence-corrected chi connectivity index (χ0v) is 19.6. The summed E-state index contributed by atoms with van der Waals surface area (Å²) >= 11 is 1.29. The van der Waals surface area contributed by atoms with Gasteiger partial charge in [-0.1, -0.05) is 29.5 Å². The van der Waals surface area contributed by atoms with Crippen molar-refractivity contribution in [3.63, 3.8) is 0 Å². The maximum atomic E-state index is 12.6. The fourth-order valence-electron chi connectivity index (χ4n) is 3.20. The van der Waals surface area contributed by atoms with Crippen molar-refractivity contribution in [2.45, 2.75) is 19.0 Å². The zero-order chi connectivity index (χ0) is 23.9. The molecule has 2 aromatic carbocycles. The number of esters is 1. The lowest BCUT2D eigenvalue weighted by Crippen LogP contribution is -2.15. The van der Waals surface area contributed by atoms with Gasteiger partial charge in [-0.05, 0) is 62.4 Å². The van der Waals surface area contributed by atoms with E-state index in [9.17, 15) is 9.59 Å². The van der Waals surface area contributed by atoms with Crippen LogP contribution in [0.3, 0.4) is 0 Å². The van der Waals surface area contributed by atoms with Crippen LogP contribution in [0.1, 0.15) is 22.8 Å². The largest absolute Gasteiger partial charge is 0.462 e. The predicted molar refractivity (Wildman–Crippen MR) is 131 cm³/mol. The number of benzene rings is 2. The number of pyridine rings is 1. The summed E-state index contributed by atoms with van der Waals surface area (Å²) < 4.78 is 6.90. The molecule has 0 unspecified atom stereocenters. The lowest BCUT2D eigenvalue weighted by Gasteiger charge is -2.11. The molecule has 0 aliphatic heterocycles. The Morgan fingerprint density at radius 1 is 1.03 bits per heavy atom. The van der Waals surface area contributed by atoms with Crippen LogP contribution in [0, 0.1) is 6.92 Å². The van der Waals surface area contributed by atoms with E-state index in [1.54, 1.807) is 43.6 Å². The van der Waals surface area contributed by atoms with Gasteiger partial charge in [0, 0.05) is 29.3 Å². The van der Waals surface area contributed by atoms with Crippen LogP contribution in [0.2, 0.25) is 0 Å². The van der Waals surface area contributed by atoms with Gasteiger partial charge in [0.1, 0.15) is 0 Å². The first-order valence-electron chi connectivity index (χ1n) is 10.7. The minimum atomic E-state index is -0.393. The van der Waals surface area contributed by atoms with E-state index in [0.29, 0.717) is 28.8 Å². The van der Waals surface area contributed by atoms with Gasteiger partial charge in [-0.2, -0.15) is 0 Å². The molecule has 0 aliphatic carbocycles. The lowest BCUT2D eigenvalue weighted by molar-refractivity contribution is -0.113. The average molecular weight is 474 g/mol. The monoisotopic (exact) mass is 473 g/mol. The Balaban J connectivity index is 1.49. The molecule has 0 saturated heterocycles. The van der Waals surface area contributed by atoms with Crippen molar-refractivity contribution in [3.8, 4) is 17.1 Å². The van der Waals surface area contributed by atoms with Crippen molar-refractivity contribution in [1.82, 2.24) is 19.7 Å². The number of hydrogen-bond donors (Lipinski definition) is 1. The molecule has 1 amide bonds. The number of rotatable bonds is 8. The third-order valence-corrected chi connectivity index (χ3v) is 5.79. The molecule has 0 fully saturated rings. The smallest absolute Gasteiger partial charge is 0.338 e. The van der Waals surface area contributed by atoms with Gasteiger partial charge in [-0.3, -0.25) is 14.3 Å². The van der Waals surface area contributed by atoms with E-state index in [-0.39, 0.29) is 11.7 Å². The summed E-state index contributed by atoms with van der Waals surface area (Å²) in [5.74, 6) is 0.192. The van der Waals surface area contributed by atoms with E-state index in [4.69, 9.17) is 4.74 Å². The Kier molecular flexibility index (Phi) is 7.34. The molecule has 2 heterocycles. The van der Waals surface area contributed by atoms with E-state index in [0.717, 1.165) is 16.8 Å². The number of nitrogens with zero attached hydrogens (tertiary/aromatic N) is 4. The minimum absolute atomic E-state index is 0.136. The molecule has 9 heteroatoms. The van der Waals surface area contributed by atoms with Crippen molar-refractivity contribution in [2.24, 2.45) is 0 Å². The molecule has 0 radical (unpaired) electrons. The molecule has 0 aliphatic rings. The fourth-order valence-corrected chi connectivity index (χ4v) is 3.96. The van der Waals surface area contributed by atoms with Crippen LogP contribution in [0.25, 0.3) is 17.1 Å². The molecule has 0 saturated carbocycles. The highest BCUT2D eigenvalue weighted by molar-refractivity contribution is 7.99. The van der Waals surface area contributed by atoms with Crippen LogP contribution < -0.4 is 5.32 Å². The molecule has 172 valence electrons. The second-order valence-electron chi connectivity index (χ2n) is 7.35. The van der Waals surface area contributed by atoms with E-state index < -0.39 is 5.97 Å². The number of aromatic nitrogens is 4. The Hall–Kier alpha value is -3.98. The van der Waals surface area contributed by atoms with Gasteiger partial charge in [0.05, 0.1) is 17.9 Å². The highest BCUT2D eigenvalue weighted by atomic mass is 32.2. The summed E-state index contributed by atoms with van der Waals surface area (Å²) in [5, 5.41) is 12.1. The van der Waals surface area contributed by atoms with Crippen LogP contribution in [-0.4, -0.2) is 44.0 Å². The molecule has 34 heavy (non-hydrogen) atoms. The summed E-state index contributed by atoms with van der Waals surface area (Å²) in [7, 11) is 0. The fraction of sp³-hybridized carbons (Fsp3) is 0.160. The number of nitrogens with one attached hydrogen (secondary N) is 1. The second kappa shape index (κ2) is 10.8. The Morgan fingerprint density at radius 3 is 2.47 bits per heavy atom. The molecule has 2 aromatic heterocycles. The molecule has 0 bridgehead atoms. The van der Waals surface area contributed by atoms with Crippen molar-refractivity contribution in [2.75, 3.05) is 17.7 Å². The standard InChI is InChI=1S/C25H23N5O3S/c1-3-33-24(32)18-8-10-20(11-9-18)27-22(31)16-34-25-29-28-23(19-5-4-14-26-15-19)30(25)21-12-6-17(2)7-13-21/h4-15H,3,16H2,1-2H3,(H,27,31). The van der Waals surface area contributed by atoms with E-state index >= 15 is 0 Å². The molecule has 0 spiro atoms. The average Bonchev–Trinajstić information content (AvgIpc) is 3.28. The van der Waals surface area contributed by atoms with Gasteiger partial charge < -0.3 is 10.1 Å². The van der Waals surface area contributed by atoms with Crippen LogP contribution in [-0.2, 0) is 9.53 Å². The first kappa shape index (κ1) is 23.2. The van der Waals surface area contributed by atoms with Gasteiger partial charge in [0.25, 0.3) is 0 Å². The molecule has 1 N–H and O–H groups in total. The van der Waals surface area contributed by atoms with Crippen LogP contribution in [0.4, 0.5) is 5.69 Å². The van der Waals surface area contributed by atoms with Crippen molar-refractivity contribution in [1.29, 1.82) is 0 Å². The number of carbonyl (C=O) groups is 2. The first-order valence-corrected chi connectivity index (χ1v) is 11.7. The summed E-state index contributed by atoms with van der Waals surface area (Å²) in [5.41, 5.74) is 3.89. The van der Waals surface area contributed by atoms with Gasteiger partial charge in [0.15, 0.2) is 11.0 Å². The number of thioether (sulfide) groups is 1. The predicted octanol–water partition coefficient (Wildman–Crippen LogP) is 4.55. The zero-order valence-electron chi connectivity index (χ0n) is 18.8. The maximum Gasteiger partial charge on any atom is 0.338 e. The summed E-state index contributed by atoms with van der Waals surface area (Å²) in [6.45, 7) is 4.09. The van der Waals surface area contributed by atoms with Gasteiger partial charge in [-0.25, -0.2) is 4.79 Å². The third-order valence-electron chi connectivity index (χ3n) is 4.86. The summed E-state index contributed by atoms with van der Waals surface area (Å²) in [6.07, 6.45) is 3.44. The Labute approximate surface area is 201 Å². The Morgan fingerprint density at radius 2 is 1.79 bits per heavy atom. The van der Waals surface area contributed by atoms with E-state index in [1.807, 2.05) is 47.9 Å². The number of amides is 1. The number of aryl methyl sites for hydroxylation is 1. The number of ether oxygens (including phenoxy) is 1. The van der Waals surface area contributed by atoms with Crippen molar-refractivity contribution < 1.29 is 14.3 Å². The quantitative estimate of drug-likeness (QED) is 0.296. The third kappa shape index (κ3) is 5.49. The van der Waals surface area contributed by atoms with Gasteiger partial charge >= 0.3 is 5.97 Å². The maximum absolute atomic E-state index is 12.6.